The molecular weight excluding hydrogens is 513 g/mol. The SMILES string of the molecule is CC1=Cc2c(-c3c[nH]c4ccccc34)cccc2C1[Si](C)(C)C1C(C)=Cc2c(-c3c[nH]c4ccccc34)cccc21. The van der Waals surface area contributed by atoms with Crippen molar-refractivity contribution in [1.82, 2.24) is 9.97 Å². The molecule has 2 unspecified atom stereocenters. The van der Waals surface area contributed by atoms with Crippen LogP contribution in [-0.2, 0) is 0 Å². The van der Waals surface area contributed by atoms with E-state index in [0.29, 0.717) is 11.1 Å². The molecule has 6 aromatic rings. The maximum atomic E-state index is 3.50. The van der Waals surface area contributed by atoms with Gasteiger partial charge in [0.2, 0.25) is 0 Å². The molecule has 0 saturated heterocycles. The molecule has 2 heterocycles. The smallest absolute Gasteiger partial charge is 0.0722 e. The molecule has 2 atom stereocenters. The van der Waals surface area contributed by atoms with Crippen LogP contribution in [0.5, 0.6) is 0 Å². The summed E-state index contributed by atoms with van der Waals surface area (Å²) >= 11 is 0. The monoisotopic (exact) mass is 546 g/mol. The number of aromatic amines is 2. The Morgan fingerprint density at radius 2 is 0.951 bits per heavy atom. The zero-order valence-electron chi connectivity index (χ0n) is 24.0. The largest absolute Gasteiger partial charge is 0.361 e. The highest BCUT2D eigenvalue weighted by molar-refractivity contribution is 6.81. The van der Waals surface area contributed by atoms with Crippen LogP contribution >= 0.6 is 0 Å². The number of rotatable bonds is 4. The van der Waals surface area contributed by atoms with Gasteiger partial charge in [-0.3, -0.25) is 0 Å². The highest BCUT2D eigenvalue weighted by Gasteiger charge is 2.47. The molecule has 4 aromatic carbocycles. The zero-order chi connectivity index (χ0) is 27.9. The van der Waals surface area contributed by atoms with Crippen molar-refractivity contribution >= 4 is 42.0 Å². The van der Waals surface area contributed by atoms with Crippen LogP contribution in [0.15, 0.2) is 108 Å². The van der Waals surface area contributed by atoms with Crippen LogP contribution in [0, 0.1) is 0 Å². The van der Waals surface area contributed by atoms with Gasteiger partial charge in [0.1, 0.15) is 0 Å². The maximum absolute atomic E-state index is 3.50. The van der Waals surface area contributed by atoms with Gasteiger partial charge in [-0.15, -0.1) is 0 Å². The molecule has 41 heavy (non-hydrogen) atoms. The Labute approximate surface area is 242 Å². The molecule has 0 bridgehead atoms. The first-order chi connectivity index (χ1) is 19.9. The minimum Gasteiger partial charge on any atom is -0.361 e. The van der Waals surface area contributed by atoms with Crippen molar-refractivity contribution in [2.45, 2.75) is 38.0 Å². The fourth-order valence-electron chi connectivity index (χ4n) is 8.30. The summed E-state index contributed by atoms with van der Waals surface area (Å²) in [6.45, 7) is 9.99. The van der Waals surface area contributed by atoms with E-state index in [1.54, 1.807) is 0 Å². The quantitative estimate of drug-likeness (QED) is 0.206. The summed E-state index contributed by atoms with van der Waals surface area (Å²) in [5.41, 5.74) is 17.5. The number of benzene rings is 4. The number of nitrogens with one attached hydrogen (secondary N) is 2. The lowest BCUT2D eigenvalue weighted by Crippen LogP contribution is -2.42. The molecule has 2 aliphatic carbocycles. The molecule has 2 nitrogen and oxygen atoms in total. The molecule has 0 spiro atoms. The molecular formula is C38H34N2Si. The molecule has 2 N–H and O–H groups in total. The average molecular weight is 547 g/mol. The lowest BCUT2D eigenvalue weighted by molar-refractivity contribution is 0.969. The van der Waals surface area contributed by atoms with Crippen molar-refractivity contribution in [2.75, 3.05) is 0 Å². The Balaban J connectivity index is 1.24. The van der Waals surface area contributed by atoms with E-state index in [4.69, 9.17) is 0 Å². The lowest BCUT2D eigenvalue weighted by atomic mass is 9.96. The molecule has 2 aliphatic rings. The number of H-pyrrole nitrogens is 2. The van der Waals surface area contributed by atoms with Crippen molar-refractivity contribution in [2.24, 2.45) is 0 Å². The summed E-state index contributed by atoms with van der Waals surface area (Å²) in [6.07, 6.45) is 9.35. The molecule has 200 valence electrons. The van der Waals surface area contributed by atoms with Gasteiger partial charge in [0.05, 0.1) is 8.07 Å². The van der Waals surface area contributed by atoms with Gasteiger partial charge in [0.15, 0.2) is 0 Å². The van der Waals surface area contributed by atoms with Crippen molar-refractivity contribution in [3.05, 3.63) is 131 Å². The summed E-state index contributed by atoms with van der Waals surface area (Å²) in [6, 6.07) is 31.2. The fourth-order valence-corrected chi connectivity index (χ4v) is 13.3. The predicted octanol–water partition coefficient (Wildman–Crippen LogP) is 10.5. The van der Waals surface area contributed by atoms with Crippen LogP contribution in [-0.4, -0.2) is 18.0 Å². The minimum atomic E-state index is -1.94. The van der Waals surface area contributed by atoms with Gasteiger partial charge >= 0.3 is 0 Å². The second-order valence-corrected chi connectivity index (χ2v) is 17.4. The second-order valence-electron chi connectivity index (χ2n) is 12.6. The summed E-state index contributed by atoms with van der Waals surface area (Å²) in [7, 11) is -1.94. The highest BCUT2D eigenvalue weighted by Crippen LogP contribution is 2.54. The van der Waals surface area contributed by atoms with E-state index in [1.807, 2.05) is 0 Å². The third-order valence-electron chi connectivity index (χ3n) is 9.80. The van der Waals surface area contributed by atoms with Crippen LogP contribution in [0.25, 0.3) is 56.2 Å². The molecule has 0 aliphatic heterocycles. The standard InChI is InChI=1S/C38H34N2Si/c1-23-19-31-25(33-21-39-35-17-7-5-11-27(33)35)13-9-15-29(31)37(23)41(3,4)38-24(2)20-32-26(14-10-16-30(32)38)34-22-40-36-18-8-6-12-28(34)36/h5-22,37-40H,1-4H3. The lowest BCUT2D eigenvalue weighted by Gasteiger charge is -2.39. The molecule has 3 heteroatoms. The summed E-state index contributed by atoms with van der Waals surface area (Å²) in [5.74, 6) is 0. The van der Waals surface area contributed by atoms with Gasteiger partial charge in [-0.25, -0.2) is 0 Å². The van der Waals surface area contributed by atoms with Gasteiger partial charge in [-0.2, -0.15) is 0 Å². The molecule has 8 rings (SSSR count). The first-order valence-corrected chi connectivity index (χ1v) is 17.8. The van der Waals surface area contributed by atoms with Crippen molar-refractivity contribution in [3.8, 4) is 22.3 Å². The van der Waals surface area contributed by atoms with Crippen molar-refractivity contribution in [3.63, 3.8) is 0 Å². The van der Waals surface area contributed by atoms with Gasteiger partial charge in [0.25, 0.3) is 0 Å². The fraction of sp³-hybridized carbons (Fsp3) is 0.158. The van der Waals surface area contributed by atoms with Gasteiger partial charge in [-0.1, -0.05) is 109 Å². The predicted molar refractivity (Wildman–Crippen MR) is 178 cm³/mol. The topological polar surface area (TPSA) is 31.6 Å². The maximum Gasteiger partial charge on any atom is 0.0722 e. The van der Waals surface area contributed by atoms with Crippen LogP contribution in [0.4, 0.5) is 0 Å². The first-order valence-electron chi connectivity index (χ1n) is 14.7. The Morgan fingerprint density at radius 3 is 1.41 bits per heavy atom. The Morgan fingerprint density at radius 1 is 0.512 bits per heavy atom. The summed E-state index contributed by atoms with van der Waals surface area (Å²) in [4.78, 5) is 7.00. The summed E-state index contributed by atoms with van der Waals surface area (Å²) < 4.78 is 0. The number of para-hydroxylation sites is 2. The minimum absolute atomic E-state index is 0.471. The van der Waals surface area contributed by atoms with Crippen LogP contribution in [0.2, 0.25) is 13.1 Å². The van der Waals surface area contributed by atoms with Gasteiger partial charge in [-0.05, 0) is 59.4 Å². The van der Waals surface area contributed by atoms with E-state index < -0.39 is 8.07 Å². The van der Waals surface area contributed by atoms with Crippen LogP contribution < -0.4 is 0 Å². The highest BCUT2D eigenvalue weighted by atomic mass is 28.3. The second kappa shape index (κ2) is 8.83. The average Bonchev–Trinajstić information content (AvgIpc) is 3.74. The Kier molecular flexibility index (Phi) is 5.26. The number of hydrogen-bond acceptors (Lipinski definition) is 0. The van der Waals surface area contributed by atoms with Crippen molar-refractivity contribution in [1.29, 1.82) is 0 Å². The van der Waals surface area contributed by atoms with E-state index in [-0.39, 0.29) is 0 Å². The number of aromatic nitrogens is 2. The van der Waals surface area contributed by atoms with E-state index >= 15 is 0 Å². The normalized spacial score (nSPS) is 18.0. The number of hydrogen-bond donors (Lipinski definition) is 2. The Hall–Kier alpha value is -4.34. The zero-order valence-corrected chi connectivity index (χ0v) is 25.0. The molecule has 2 aromatic heterocycles. The third-order valence-corrected chi connectivity index (χ3v) is 14.3. The Bertz CT molecular complexity index is 1920. The first kappa shape index (κ1) is 24.5. The van der Waals surface area contributed by atoms with Gasteiger partial charge in [0, 0.05) is 56.4 Å². The van der Waals surface area contributed by atoms with E-state index in [9.17, 15) is 0 Å². The van der Waals surface area contributed by atoms with Crippen LogP contribution in [0.3, 0.4) is 0 Å². The summed E-state index contributed by atoms with van der Waals surface area (Å²) in [5, 5.41) is 2.58. The number of allylic oxidation sites excluding steroid dienone is 2. The van der Waals surface area contributed by atoms with E-state index in [1.165, 1.54) is 77.5 Å². The van der Waals surface area contributed by atoms with Crippen molar-refractivity contribution < 1.29 is 0 Å². The van der Waals surface area contributed by atoms with E-state index in [2.05, 4.69) is 146 Å². The molecule has 0 fully saturated rings. The van der Waals surface area contributed by atoms with Gasteiger partial charge < -0.3 is 9.97 Å². The molecule has 0 saturated carbocycles. The van der Waals surface area contributed by atoms with Crippen LogP contribution in [0.1, 0.15) is 47.2 Å². The van der Waals surface area contributed by atoms with E-state index in [0.717, 1.165) is 0 Å². The molecule has 0 radical (unpaired) electrons. The number of fused-ring (bicyclic) bond motifs is 4. The molecule has 0 amide bonds. The third kappa shape index (κ3) is 3.49.